The van der Waals surface area contributed by atoms with Gasteiger partial charge in [-0.1, -0.05) is 65.6 Å². The van der Waals surface area contributed by atoms with Gasteiger partial charge in [0, 0.05) is 20.6 Å². The van der Waals surface area contributed by atoms with Gasteiger partial charge in [-0.05, 0) is 66.4 Å². The van der Waals surface area contributed by atoms with Crippen LogP contribution in [0.3, 0.4) is 0 Å². The van der Waals surface area contributed by atoms with E-state index in [0.29, 0.717) is 29.4 Å². The molecule has 0 saturated carbocycles. The van der Waals surface area contributed by atoms with Crippen LogP contribution in [0.1, 0.15) is 41.8 Å². The molecule has 0 heterocycles. The molecule has 0 fully saturated rings. The Morgan fingerprint density at radius 2 is 1.71 bits per heavy atom. The lowest BCUT2D eigenvalue weighted by molar-refractivity contribution is -0.123. The zero-order chi connectivity index (χ0) is 25.2. The number of nitrogens with one attached hydrogen (secondary N) is 2. The Kier molecular flexibility index (Phi) is 9.87. The third-order valence-corrected chi connectivity index (χ3v) is 5.82. The van der Waals surface area contributed by atoms with Gasteiger partial charge in [-0.15, -0.1) is 0 Å². The van der Waals surface area contributed by atoms with E-state index >= 15 is 0 Å². The van der Waals surface area contributed by atoms with Crippen LogP contribution in [0.25, 0.3) is 0 Å². The maximum atomic E-state index is 12.8. The van der Waals surface area contributed by atoms with Gasteiger partial charge >= 0.3 is 0 Å². The molecule has 8 heteroatoms. The molecule has 0 aliphatic carbocycles. The van der Waals surface area contributed by atoms with Gasteiger partial charge in [0.15, 0.2) is 0 Å². The summed E-state index contributed by atoms with van der Waals surface area (Å²) in [6.07, 6.45) is 2.00. The standard InChI is InChI=1S/C27H27BrClN3O3/c1-18(2)15-24(31-26(33)20-9-13-23(29)14-10-20)27(34)32-30-16-21-5-3-4-6-25(21)35-17-19-7-11-22(28)12-8-19/h3-14,16,18,24H,15,17H2,1-2H3,(H,31,33)(H,32,34)/b30-16+. The van der Waals surface area contributed by atoms with Crippen LogP contribution in [0.4, 0.5) is 0 Å². The first kappa shape index (κ1) is 26.4. The van der Waals surface area contributed by atoms with Crippen molar-refractivity contribution in [1.82, 2.24) is 10.7 Å². The summed E-state index contributed by atoms with van der Waals surface area (Å²) in [4.78, 5) is 25.4. The van der Waals surface area contributed by atoms with Crippen molar-refractivity contribution in [3.8, 4) is 5.75 Å². The van der Waals surface area contributed by atoms with Gasteiger partial charge in [-0.25, -0.2) is 5.43 Å². The number of nitrogens with zero attached hydrogens (tertiary/aromatic N) is 1. The van der Waals surface area contributed by atoms with Crippen LogP contribution < -0.4 is 15.5 Å². The van der Waals surface area contributed by atoms with Crippen LogP contribution in [0.15, 0.2) is 82.4 Å². The molecule has 0 saturated heterocycles. The van der Waals surface area contributed by atoms with E-state index in [4.69, 9.17) is 16.3 Å². The van der Waals surface area contributed by atoms with E-state index in [1.807, 2.05) is 62.4 Å². The summed E-state index contributed by atoms with van der Waals surface area (Å²) in [5.41, 5.74) is 4.72. The number of rotatable bonds is 10. The molecule has 0 bridgehead atoms. The van der Waals surface area contributed by atoms with Gasteiger partial charge in [0.05, 0.1) is 6.21 Å². The van der Waals surface area contributed by atoms with Crippen molar-refractivity contribution < 1.29 is 14.3 Å². The van der Waals surface area contributed by atoms with E-state index in [2.05, 4.69) is 31.8 Å². The number of hydrazone groups is 1. The second-order valence-corrected chi connectivity index (χ2v) is 9.70. The number of benzene rings is 3. The number of halogens is 2. The fraction of sp³-hybridized carbons (Fsp3) is 0.222. The van der Waals surface area contributed by atoms with E-state index in [0.717, 1.165) is 15.6 Å². The average molecular weight is 557 g/mol. The molecule has 3 aromatic carbocycles. The van der Waals surface area contributed by atoms with Crippen LogP contribution in [-0.4, -0.2) is 24.1 Å². The van der Waals surface area contributed by atoms with Gasteiger partial charge in [0.1, 0.15) is 18.4 Å². The molecule has 6 nitrogen and oxygen atoms in total. The number of para-hydroxylation sites is 1. The largest absolute Gasteiger partial charge is 0.488 e. The third-order valence-electron chi connectivity index (χ3n) is 5.04. The quantitative estimate of drug-likeness (QED) is 0.238. The minimum Gasteiger partial charge on any atom is -0.488 e. The van der Waals surface area contributed by atoms with Crippen molar-refractivity contribution in [1.29, 1.82) is 0 Å². The predicted molar refractivity (Wildman–Crippen MR) is 143 cm³/mol. The minimum absolute atomic E-state index is 0.188. The normalized spacial score (nSPS) is 11.9. The van der Waals surface area contributed by atoms with Crippen molar-refractivity contribution >= 4 is 45.6 Å². The fourth-order valence-corrected chi connectivity index (χ4v) is 3.64. The molecule has 2 amide bonds. The highest BCUT2D eigenvalue weighted by atomic mass is 79.9. The highest BCUT2D eigenvalue weighted by molar-refractivity contribution is 9.10. The molecule has 1 atom stereocenters. The van der Waals surface area contributed by atoms with Crippen LogP contribution in [0.5, 0.6) is 5.75 Å². The Bertz CT molecular complexity index is 1170. The number of hydrogen-bond donors (Lipinski definition) is 2. The van der Waals surface area contributed by atoms with Crippen LogP contribution in [0, 0.1) is 5.92 Å². The average Bonchev–Trinajstić information content (AvgIpc) is 2.84. The molecule has 1 unspecified atom stereocenters. The molecule has 35 heavy (non-hydrogen) atoms. The first-order valence-corrected chi connectivity index (χ1v) is 12.3. The van der Waals surface area contributed by atoms with E-state index in [1.54, 1.807) is 24.3 Å². The van der Waals surface area contributed by atoms with Crippen LogP contribution in [0.2, 0.25) is 5.02 Å². The molecule has 0 aliphatic heterocycles. The summed E-state index contributed by atoms with van der Waals surface area (Å²) in [7, 11) is 0. The highest BCUT2D eigenvalue weighted by Crippen LogP contribution is 2.19. The Hall–Kier alpha value is -3.16. The Balaban J connectivity index is 1.63. The van der Waals surface area contributed by atoms with Gasteiger partial charge in [0.2, 0.25) is 0 Å². The maximum Gasteiger partial charge on any atom is 0.262 e. The van der Waals surface area contributed by atoms with Crippen LogP contribution in [-0.2, 0) is 11.4 Å². The summed E-state index contributed by atoms with van der Waals surface area (Å²) in [6, 6.07) is 21.1. The topological polar surface area (TPSA) is 79.8 Å². The Labute approximate surface area is 218 Å². The summed E-state index contributed by atoms with van der Waals surface area (Å²) >= 11 is 9.32. The smallest absolute Gasteiger partial charge is 0.262 e. The monoisotopic (exact) mass is 555 g/mol. The SMILES string of the molecule is CC(C)CC(NC(=O)c1ccc(Cl)cc1)C(=O)N/N=C/c1ccccc1OCc1ccc(Br)cc1. The molecule has 2 N–H and O–H groups in total. The molecule has 0 radical (unpaired) electrons. The number of carbonyl (C=O) groups is 2. The molecule has 3 aromatic rings. The summed E-state index contributed by atoms with van der Waals surface area (Å²) in [5.74, 6) is 0.0832. The van der Waals surface area contributed by atoms with E-state index in [1.165, 1.54) is 6.21 Å². The van der Waals surface area contributed by atoms with Crippen molar-refractivity contribution in [3.05, 3.63) is 99.0 Å². The number of ether oxygens (including phenoxy) is 1. The molecule has 0 spiro atoms. The van der Waals surface area contributed by atoms with E-state index in [9.17, 15) is 9.59 Å². The van der Waals surface area contributed by atoms with E-state index < -0.39 is 11.9 Å². The number of carbonyl (C=O) groups excluding carboxylic acids is 2. The Morgan fingerprint density at radius 1 is 1.03 bits per heavy atom. The van der Waals surface area contributed by atoms with Crippen molar-refractivity contribution in [2.45, 2.75) is 32.9 Å². The van der Waals surface area contributed by atoms with Crippen molar-refractivity contribution in [2.24, 2.45) is 11.0 Å². The van der Waals surface area contributed by atoms with Crippen molar-refractivity contribution in [2.75, 3.05) is 0 Å². The Morgan fingerprint density at radius 3 is 2.40 bits per heavy atom. The van der Waals surface area contributed by atoms with Gasteiger partial charge in [0.25, 0.3) is 11.8 Å². The van der Waals surface area contributed by atoms with E-state index in [-0.39, 0.29) is 11.8 Å². The lowest BCUT2D eigenvalue weighted by Crippen LogP contribution is -2.46. The minimum atomic E-state index is -0.737. The highest BCUT2D eigenvalue weighted by Gasteiger charge is 2.22. The zero-order valence-electron chi connectivity index (χ0n) is 19.5. The fourth-order valence-electron chi connectivity index (χ4n) is 3.25. The first-order chi connectivity index (χ1) is 16.8. The predicted octanol–water partition coefficient (Wildman–Crippen LogP) is 5.98. The molecular weight excluding hydrogens is 530 g/mol. The first-order valence-electron chi connectivity index (χ1n) is 11.2. The lowest BCUT2D eigenvalue weighted by atomic mass is 10.0. The summed E-state index contributed by atoms with van der Waals surface area (Å²) in [5, 5.41) is 7.44. The summed E-state index contributed by atoms with van der Waals surface area (Å²) in [6.45, 7) is 4.37. The van der Waals surface area contributed by atoms with Crippen LogP contribution >= 0.6 is 27.5 Å². The second-order valence-electron chi connectivity index (χ2n) is 8.35. The lowest BCUT2D eigenvalue weighted by Gasteiger charge is -2.19. The van der Waals surface area contributed by atoms with Gasteiger partial charge < -0.3 is 10.1 Å². The molecule has 3 rings (SSSR count). The summed E-state index contributed by atoms with van der Waals surface area (Å²) < 4.78 is 6.95. The molecular formula is C27H27BrClN3O3. The third kappa shape index (κ3) is 8.53. The van der Waals surface area contributed by atoms with Gasteiger partial charge in [-0.2, -0.15) is 5.10 Å². The number of hydrogen-bond acceptors (Lipinski definition) is 4. The zero-order valence-corrected chi connectivity index (χ0v) is 21.8. The second kappa shape index (κ2) is 13.1. The molecule has 182 valence electrons. The van der Waals surface area contributed by atoms with Crippen molar-refractivity contribution in [3.63, 3.8) is 0 Å². The molecule has 0 aliphatic rings. The van der Waals surface area contributed by atoms with Gasteiger partial charge in [-0.3, -0.25) is 9.59 Å². The number of amides is 2. The maximum absolute atomic E-state index is 12.8. The molecule has 0 aromatic heterocycles.